The molecule has 1 rings (SSSR count). The zero-order valence-corrected chi connectivity index (χ0v) is 5.25. The van der Waals surface area contributed by atoms with Crippen molar-refractivity contribution in [1.82, 2.24) is 0 Å². The fourth-order valence-corrected chi connectivity index (χ4v) is 1.06. The summed E-state index contributed by atoms with van der Waals surface area (Å²) in [5.41, 5.74) is 5.18. The molecule has 0 spiro atoms. The minimum absolute atomic E-state index is 0.954. The maximum Gasteiger partial charge on any atom is 0.110 e. The van der Waals surface area contributed by atoms with Crippen molar-refractivity contribution in [1.29, 1.82) is 0 Å². The first kappa shape index (κ1) is 7.90. The first-order valence-corrected chi connectivity index (χ1v) is 3.03. The summed E-state index contributed by atoms with van der Waals surface area (Å²) >= 11 is 0. The predicted molar refractivity (Wildman–Crippen MR) is 32.0 cm³/mol. The molecule has 0 amide bonds. The molecule has 1 aliphatic carbocycles. The molecule has 1 aliphatic rings. The Morgan fingerprint density at radius 2 is 1.00 bits per heavy atom. The number of rotatable bonds is 0. The van der Waals surface area contributed by atoms with Gasteiger partial charge in [-0.05, 0) is 0 Å². The minimum atomic E-state index is -1.33. The fourth-order valence-electron chi connectivity index (χ4n) is 1.06. The third-order valence-corrected chi connectivity index (χ3v) is 1.84. The lowest BCUT2D eigenvalue weighted by Gasteiger charge is -2.11. The summed E-state index contributed by atoms with van der Waals surface area (Å²) in [5.74, 6) is 0. The van der Waals surface area contributed by atoms with Gasteiger partial charge in [-0.3, -0.25) is 0 Å². The Hall–Kier alpha value is -0.200. The molecule has 0 bridgehead atoms. The fraction of sp³-hybridized carbons (Fsp3) is 1.00. The number of aliphatic hydroxyl groups is 4. The van der Waals surface area contributed by atoms with Crippen LogP contribution in [-0.2, 0) is 0 Å². The molecule has 0 aromatic heterocycles. The van der Waals surface area contributed by atoms with Gasteiger partial charge in [0.25, 0.3) is 0 Å². The smallest absolute Gasteiger partial charge is 0.110 e. The Morgan fingerprint density at radius 3 is 1.10 bits per heavy atom. The normalized spacial score (nSPS) is 50.1. The average molecular weight is 149 g/mol. The highest BCUT2D eigenvalue weighted by Gasteiger charge is 2.46. The van der Waals surface area contributed by atoms with E-state index in [0.717, 1.165) is 0 Å². The number of aliphatic hydroxyl groups excluding tert-OH is 4. The van der Waals surface area contributed by atoms with E-state index in [9.17, 15) is 0 Å². The van der Waals surface area contributed by atoms with Gasteiger partial charge in [0.2, 0.25) is 0 Å². The maximum atomic E-state index is 8.91. The van der Waals surface area contributed by atoms with E-state index in [1.165, 1.54) is 0 Å². The van der Waals surface area contributed by atoms with E-state index in [4.69, 9.17) is 26.2 Å². The van der Waals surface area contributed by atoms with Crippen LogP contribution in [0.25, 0.3) is 0 Å². The highest BCUT2D eigenvalue weighted by atomic mass is 16.4. The third-order valence-electron chi connectivity index (χ3n) is 1.84. The van der Waals surface area contributed by atoms with Crippen LogP contribution in [0, 0.1) is 0 Å². The summed E-state index contributed by atoms with van der Waals surface area (Å²) in [6.07, 6.45) is -5.12. The topological polar surface area (TPSA) is 107 Å². The van der Waals surface area contributed by atoms with Gasteiger partial charge >= 0.3 is 0 Å². The van der Waals surface area contributed by atoms with Gasteiger partial charge in [-0.2, -0.15) is 0 Å². The van der Waals surface area contributed by atoms with Crippen molar-refractivity contribution in [2.75, 3.05) is 0 Å². The summed E-state index contributed by atoms with van der Waals surface area (Å²) in [6, 6.07) is -0.954. The molecule has 0 aromatic rings. The Bertz CT molecular complexity index is 86.0. The number of hydrogen-bond acceptors (Lipinski definition) is 5. The van der Waals surface area contributed by atoms with Crippen molar-refractivity contribution in [3.8, 4) is 0 Å². The van der Waals surface area contributed by atoms with E-state index in [1.807, 2.05) is 0 Å². The molecule has 5 atom stereocenters. The van der Waals surface area contributed by atoms with Gasteiger partial charge in [-0.15, -0.1) is 0 Å². The van der Waals surface area contributed by atoms with Gasteiger partial charge in [0.15, 0.2) is 0 Å². The molecule has 1 unspecified atom stereocenters. The molecule has 6 N–H and O–H groups in total. The van der Waals surface area contributed by atoms with Gasteiger partial charge in [0, 0.05) is 0 Å². The molecular formula is C5H11NO4. The molecule has 0 radical (unpaired) electrons. The van der Waals surface area contributed by atoms with Gasteiger partial charge in [0.05, 0.1) is 6.04 Å². The van der Waals surface area contributed by atoms with Gasteiger partial charge < -0.3 is 26.2 Å². The zero-order valence-electron chi connectivity index (χ0n) is 5.25. The monoisotopic (exact) mass is 149 g/mol. The molecule has 0 aliphatic heterocycles. The molecular weight excluding hydrogens is 138 g/mol. The molecule has 60 valence electrons. The van der Waals surface area contributed by atoms with Gasteiger partial charge in [-0.25, -0.2) is 0 Å². The van der Waals surface area contributed by atoms with E-state index in [1.54, 1.807) is 0 Å². The second-order valence-electron chi connectivity index (χ2n) is 2.54. The number of nitrogens with two attached hydrogens (primary N) is 1. The first-order valence-electron chi connectivity index (χ1n) is 3.03. The Balaban J connectivity index is 2.68. The third kappa shape index (κ3) is 0.920. The predicted octanol–water partition coefficient (Wildman–Crippen LogP) is -3.23. The molecule has 0 aromatic carbocycles. The van der Waals surface area contributed by atoms with Crippen LogP contribution in [0.3, 0.4) is 0 Å². The van der Waals surface area contributed by atoms with E-state index < -0.39 is 30.5 Å². The highest BCUT2D eigenvalue weighted by molar-refractivity contribution is 5.00. The zero-order chi connectivity index (χ0) is 7.89. The summed E-state index contributed by atoms with van der Waals surface area (Å²) in [4.78, 5) is 0. The Morgan fingerprint density at radius 1 is 0.700 bits per heavy atom. The van der Waals surface area contributed by atoms with Crippen LogP contribution in [0.4, 0.5) is 0 Å². The lowest BCUT2D eigenvalue weighted by molar-refractivity contribution is -0.0413. The second-order valence-corrected chi connectivity index (χ2v) is 2.54. The van der Waals surface area contributed by atoms with Gasteiger partial charge in [-0.1, -0.05) is 0 Å². The quantitative estimate of drug-likeness (QED) is 0.249. The summed E-state index contributed by atoms with van der Waals surface area (Å²) in [7, 11) is 0. The molecule has 1 saturated carbocycles. The van der Waals surface area contributed by atoms with Crippen molar-refractivity contribution < 1.29 is 20.4 Å². The van der Waals surface area contributed by atoms with Crippen LogP contribution in [0.1, 0.15) is 0 Å². The molecule has 10 heavy (non-hydrogen) atoms. The van der Waals surface area contributed by atoms with Crippen LogP contribution < -0.4 is 5.73 Å². The highest BCUT2D eigenvalue weighted by Crippen LogP contribution is 2.19. The summed E-state index contributed by atoms with van der Waals surface area (Å²) in [5, 5.41) is 35.6. The van der Waals surface area contributed by atoms with E-state index >= 15 is 0 Å². The van der Waals surface area contributed by atoms with Crippen molar-refractivity contribution in [2.45, 2.75) is 30.5 Å². The summed E-state index contributed by atoms with van der Waals surface area (Å²) in [6.45, 7) is 0. The van der Waals surface area contributed by atoms with Crippen LogP contribution in [0.5, 0.6) is 0 Å². The average Bonchev–Trinajstić information content (AvgIpc) is 2.07. The van der Waals surface area contributed by atoms with E-state index in [-0.39, 0.29) is 0 Å². The minimum Gasteiger partial charge on any atom is -0.389 e. The summed E-state index contributed by atoms with van der Waals surface area (Å²) < 4.78 is 0. The Labute approximate surface area is 57.7 Å². The lowest BCUT2D eigenvalue weighted by Crippen LogP contribution is -2.40. The Kier molecular flexibility index (Phi) is 1.93. The standard InChI is InChI=1S/C5H11NO4/c6-1-2(7)4(9)5(10)3(1)8/h1-5,7-10H,6H2/t1?,2-,3-,4-,5+/m0/s1. The van der Waals surface area contributed by atoms with Crippen LogP contribution in [0.15, 0.2) is 0 Å². The molecule has 0 saturated heterocycles. The van der Waals surface area contributed by atoms with Crippen molar-refractivity contribution in [3.63, 3.8) is 0 Å². The van der Waals surface area contributed by atoms with Crippen molar-refractivity contribution in [3.05, 3.63) is 0 Å². The molecule has 5 heteroatoms. The van der Waals surface area contributed by atoms with Crippen molar-refractivity contribution >= 4 is 0 Å². The van der Waals surface area contributed by atoms with Crippen LogP contribution >= 0.6 is 0 Å². The SMILES string of the molecule is NC1[C@H](O)[C@H](O)[C@H](O)[C@H]1O. The lowest BCUT2D eigenvalue weighted by atomic mass is 10.2. The van der Waals surface area contributed by atoms with E-state index in [0.29, 0.717) is 0 Å². The van der Waals surface area contributed by atoms with Gasteiger partial charge in [0.1, 0.15) is 24.4 Å². The van der Waals surface area contributed by atoms with Crippen molar-refractivity contribution in [2.24, 2.45) is 5.73 Å². The molecule has 5 nitrogen and oxygen atoms in total. The first-order chi connectivity index (χ1) is 4.55. The molecule has 1 fully saturated rings. The second kappa shape index (κ2) is 2.44. The molecule has 0 heterocycles. The largest absolute Gasteiger partial charge is 0.389 e. The number of hydrogen-bond donors (Lipinski definition) is 5. The van der Waals surface area contributed by atoms with Crippen LogP contribution in [0.2, 0.25) is 0 Å². The maximum absolute atomic E-state index is 8.91. The van der Waals surface area contributed by atoms with E-state index in [2.05, 4.69) is 0 Å². The van der Waals surface area contributed by atoms with Crippen LogP contribution in [-0.4, -0.2) is 50.9 Å².